The summed E-state index contributed by atoms with van der Waals surface area (Å²) in [5, 5.41) is 10.9. The first kappa shape index (κ1) is 12.1. The number of nitrogens with zero attached hydrogens (tertiary/aromatic N) is 1. The van der Waals surface area contributed by atoms with Gasteiger partial charge in [-0.3, -0.25) is 4.79 Å². The molecular formula is C11H10F2N2O. The van der Waals surface area contributed by atoms with Crippen LogP contribution in [0.25, 0.3) is 0 Å². The summed E-state index contributed by atoms with van der Waals surface area (Å²) in [7, 11) is 0. The zero-order valence-corrected chi connectivity index (χ0v) is 8.63. The van der Waals surface area contributed by atoms with Gasteiger partial charge in [-0.25, -0.2) is 8.78 Å². The number of benzene rings is 1. The van der Waals surface area contributed by atoms with Crippen molar-refractivity contribution >= 4 is 11.6 Å². The van der Waals surface area contributed by atoms with Gasteiger partial charge in [-0.1, -0.05) is 6.92 Å². The van der Waals surface area contributed by atoms with Crippen LogP contribution in [0, 0.1) is 28.9 Å². The van der Waals surface area contributed by atoms with Gasteiger partial charge in [-0.2, -0.15) is 5.26 Å². The summed E-state index contributed by atoms with van der Waals surface area (Å²) in [6.45, 7) is 1.68. The molecule has 3 nitrogen and oxygen atoms in total. The molecule has 16 heavy (non-hydrogen) atoms. The van der Waals surface area contributed by atoms with Crippen LogP contribution in [0.2, 0.25) is 0 Å². The van der Waals surface area contributed by atoms with Crippen LogP contribution >= 0.6 is 0 Å². The van der Waals surface area contributed by atoms with Gasteiger partial charge in [-0.15, -0.1) is 0 Å². The van der Waals surface area contributed by atoms with Crippen LogP contribution in [0.1, 0.15) is 13.3 Å². The molecule has 0 spiro atoms. The lowest BCUT2D eigenvalue weighted by Gasteiger charge is -2.08. The monoisotopic (exact) mass is 224 g/mol. The van der Waals surface area contributed by atoms with Crippen molar-refractivity contribution in [3.63, 3.8) is 0 Å². The fraction of sp³-hybridized carbons (Fsp3) is 0.273. The van der Waals surface area contributed by atoms with Crippen LogP contribution in [0.5, 0.6) is 0 Å². The minimum absolute atomic E-state index is 0.0104. The zero-order valence-electron chi connectivity index (χ0n) is 8.63. The molecule has 0 aliphatic heterocycles. The number of nitrogens with one attached hydrogen (secondary N) is 1. The van der Waals surface area contributed by atoms with E-state index in [9.17, 15) is 13.6 Å². The Hall–Kier alpha value is -1.96. The van der Waals surface area contributed by atoms with Crippen molar-refractivity contribution in [3.05, 3.63) is 29.8 Å². The van der Waals surface area contributed by atoms with E-state index in [1.54, 1.807) is 13.0 Å². The summed E-state index contributed by atoms with van der Waals surface area (Å²) in [5.41, 5.74) is 0.0104. The molecule has 0 bridgehead atoms. The van der Waals surface area contributed by atoms with Crippen molar-refractivity contribution in [1.29, 1.82) is 5.26 Å². The highest BCUT2D eigenvalue weighted by molar-refractivity contribution is 5.94. The molecule has 1 atom stereocenters. The molecule has 5 heteroatoms. The van der Waals surface area contributed by atoms with Crippen LogP contribution in [-0.4, -0.2) is 5.91 Å². The number of hydrogen-bond acceptors (Lipinski definition) is 2. The highest BCUT2D eigenvalue weighted by Crippen LogP contribution is 2.14. The van der Waals surface area contributed by atoms with Crippen molar-refractivity contribution in [2.45, 2.75) is 13.3 Å². The lowest BCUT2D eigenvalue weighted by Crippen LogP contribution is -2.21. The minimum atomic E-state index is -0.814. The summed E-state index contributed by atoms with van der Waals surface area (Å²) in [4.78, 5) is 11.4. The number of nitriles is 1. The number of amides is 1. The first-order valence-corrected chi connectivity index (χ1v) is 4.73. The minimum Gasteiger partial charge on any atom is -0.325 e. The number of hydrogen-bond donors (Lipinski definition) is 1. The van der Waals surface area contributed by atoms with E-state index in [1.165, 1.54) is 0 Å². The maximum absolute atomic E-state index is 12.8. The van der Waals surface area contributed by atoms with Gasteiger partial charge in [0, 0.05) is 11.8 Å². The van der Waals surface area contributed by atoms with E-state index in [2.05, 4.69) is 5.32 Å². The van der Waals surface area contributed by atoms with Gasteiger partial charge in [0.05, 0.1) is 6.07 Å². The summed E-state index contributed by atoms with van der Waals surface area (Å²) in [5.74, 6) is -2.93. The summed E-state index contributed by atoms with van der Waals surface area (Å²) in [6, 6.07) is 4.49. The largest absolute Gasteiger partial charge is 0.325 e. The van der Waals surface area contributed by atoms with Crippen LogP contribution in [0.15, 0.2) is 18.2 Å². The molecule has 0 aromatic heterocycles. The van der Waals surface area contributed by atoms with E-state index in [-0.39, 0.29) is 5.69 Å². The number of carbonyl (C=O) groups excluding carboxylic acids is 1. The third kappa shape index (κ3) is 3.02. The Morgan fingerprint density at radius 1 is 1.44 bits per heavy atom. The van der Waals surface area contributed by atoms with Crippen LogP contribution in [-0.2, 0) is 4.79 Å². The molecule has 0 saturated heterocycles. The molecule has 0 heterocycles. The van der Waals surface area contributed by atoms with Gasteiger partial charge in [-0.05, 0) is 18.6 Å². The molecule has 0 saturated carbocycles. The quantitative estimate of drug-likeness (QED) is 0.857. The standard InChI is InChI=1S/C11H10F2N2O/c1-2-7(6-14)11(16)15-10-4-8(12)3-9(13)5-10/h3-5,7H,2H2,1H3,(H,15,16). The fourth-order valence-electron chi connectivity index (χ4n) is 1.19. The third-order valence-corrected chi connectivity index (χ3v) is 2.01. The van der Waals surface area contributed by atoms with E-state index in [0.29, 0.717) is 12.5 Å². The van der Waals surface area contributed by atoms with Crippen LogP contribution in [0.3, 0.4) is 0 Å². The van der Waals surface area contributed by atoms with Gasteiger partial charge >= 0.3 is 0 Å². The van der Waals surface area contributed by atoms with Crippen molar-refractivity contribution in [1.82, 2.24) is 0 Å². The smallest absolute Gasteiger partial charge is 0.241 e. The van der Waals surface area contributed by atoms with Gasteiger partial charge in [0.2, 0.25) is 5.91 Å². The molecule has 0 fully saturated rings. The molecule has 1 rings (SSSR count). The number of halogens is 2. The van der Waals surface area contributed by atoms with E-state index >= 15 is 0 Å². The molecule has 1 aromatic carbocycles. The summed E-state index contributed by atoms with van der Waals surface area (Å²) in [6.07, 6.45) is 0.347. The predicted molar refractivity (Wildman–Crippen MR) is 54.4 cm³/mol. The van der Waals surface area contributed by atoms with Crippen molar-refractivity contribution in [3.8, 4) is 6.07 Å². The highest BCUT2D eigenvalue weighted by Gasteiger charge is 2.15. The molecule has 1 amide bonds. The normalized spacial score (nSPS) is 11.6. The van der Waals surface area contributed by atoms with Gasteiger partial charge < -0.3 is 5.32 Å². The molecule has 1 unspecified atom stereocenters. The average Bonchev–Trinajstić information content (AvgIpc) is 2.17. The first-order chi connectivity index (χ1) is 7.56. The maximum Gasteiger partial charge on any atom is 0.241 e. The number of rotatable bonds is 3. The second-order valence-electron chi connectivity index (χ2n) is 3.24. The van der Waals surface area contributed by atoms with Gasteiger partial charge in [0.25, 0.3) is 0 Å². The molecular weight excluding hydrogens is 214 g/mol. The van der Waals surface area contributed by atoms with Crippen molar-refractivity contribution in [2.75, 3.05) is 5.32 Å². The van der Waals surface area contributed by atoms with Crippen LogP contribution < -0.4 is 5.32 Å². The summed E-state index contributed by atoms with van der Waals surface area (Å²) >= 11 is 0. The molecule has 1 aromatic rings. The zero-order chi connectivity index (χ0) is 12.1. The van der Waals surface area contributed by atoms with Crippen molar-refractivity contribution < 1.29 is 13.6 Å². The second-order valence-corrected chi connectivity index (χ2v) is 3.24. The number of carbonyl (C=O) groups is 1. The number of anilines is 1. The van der Waals surface area contributed by atoms with Crippen molar-refractivity contribution in [2.24, 2.45) is 5.92 Å². The lowest BCUT2D eigenvalue weighted by atomic mass is 10.1. The maximum atomic E-state index is 12.8. The van der Waals surface area contributed by atoms with E-state index < -0.39 is 23.5 Å². The Bertz CT molecular complexity index is 420. The topological polar surface area (TPSA) is 52.9 Å². The molecule has 84 valence electrons. The fourth-order valence-corrected chi connectivity index (χ4v) is 1.19. The Balaban J connectivity index is 2.81. The Morgan fingerprint density at radius 3 is 2.44 bits per heavy atom. The molecule has 1 N–H and O–H groups in total. The Labute approximate surface area is 91.7 Å². The van der Waals surface area contributed by atoms with Crippen LogP contribution in [0.4, 0.5) is 14.5 Å². The predicted octanol–water partition coefficient (Wildman–Crippen LogP) is 2.45. The molecule has 0 aliphatic rings. The molecule has 0 aliphatic carbocycles. The highest BCUT2D eigenvalue weighted by atomic mass is 19.1. The molecule has 0 radical (unpaired) electrons. The average molecular weight is 224 g/mol. The second kappa shape index (κ2) is 5.21. The van der Waals surface area contributed by atoms with Gasteiger partial charge in [0.1, 0.15) is 17.6 Å². The van der Waals surface area contributed by atoms with E-state index in [1.807, 2.05) is 0 Å². The SMILES string of the molecule is CCC(C#N)C(=O)Nc1cc(F)cc(F)c1. The van der Waals surface area contributed by atoms with E-state index in [4.69, 9.17) is 5.26 Å². The van der Waals surface area contributed by atoms with Gasteiger partial charge in [0.15, 0.2) is 0 Å². The first-order valence-electron chi connectivity index (χ1n) is 4.73. The summed E-state index contributed by atoms with van der Waals surface area (Å²) < 4.78 is 25.6. The van der Waals surface area contributed by atoms with E-state index in [0.717, 1.165) is 12.1 Å². The Morgan fingerprint density at radius 2 is 2.00 bits per heavy atom. The third-order valence-electron chi connectivity index (χ3n) is 2.01. The Kier molecular flexibility index (Phi) is 3.95. The lowest BCUT2D eigenvalue weighted by molar-refractivity contribution is -0.118.